The van der Waals surface area contributed by atoms with Gasteiger partial charge in [0.1, 0.15) is 6.04 Å². The summed E-state index contributed by atoms with van der Waals surface area (Å²) in [7, 11) is 0. The second-order valence-electron chi connectivity index (χ2n) is 6.90. The van der Waals surface area contributed by atoms with E-state index in [-0.39, 0.29) is 11.9 Å². The number of amides is 1. The Kier molecular flexibility index (Phi) is 4.48. The number of fused-ring (bicyclic) bond motifs is 2. The fraction of sp³-hybridized carbons (Fsp3) is 0.130. The summed E-state index contributed by atoms with van der Waals surface area (Å²) in [5.41, 5.74) is 3.72. The molecular formula is C23H18N2O3S. The second-order valence-corrected chi connectivity index (χ2v) is 7.99. The molecule has 3 aromatic rings. The number of hydrogen-bond donors (Lipinski definition) is 1. The normalized spacial score (nSPS) is 17.3. The average Bonchev–Trinajstić information content (AvgIpc) is 3.16. The van der Waals surface area contributed by atoms with E-state index in [1.165, 1.54) is 9.79 Å². The minimum absolute atomic E-state index is 0.268. The molecule has 5 rings (SSSR count). The predicted molar refractivity (Wildman–Crippen MR) is 112 cm³/mol. The van der Waals surface area contributed by atoms with Crippen molar-refractivity contribution in [2.45, 2.75) is 22.3 Å². The fourth-order valence-electron chi connectivity index (χ4n) is 3.61. The quantitative estimate of drug-likeness (QED) is 0.505. The van der Waals surface area contributed by atoms with Crippen molar-refractivity contribution < 1.29 is 14.3 Å². The highest BCUT2D eigenvalue weighted by molar-refractivity contribution is 7.99. The van der Waals surface area contributed by atoms with Gasteiger partial charge in [0.2, 0.25) is 0 Å². The van der Waals surface area contributed by atoms with E-state index in [0.29, 0.717) is 18.6 Å². The summed E-state index contributed by atoms with van der Waals surface area (Å²) in [4.78, 5) is 28.7. The van der Waals surface area contributed by atoms with Gasteiger partial charge in [0.05, 0.1) is 18.0 Å². The van der Waals surface area contributed by atoms with Gasteiger partial charge in [0.25, 0.3) is 5.91 Å². The third-order valence-corrected chi connectivity index (χ3v) is 6.19. The maximum atomic E-state index is 12.5. The number of ether oxygens (including phenoxy) is 1. The van der Waals surface area contributed by atoms with Gasteiger partial charge < -0.3 is 15.0 Å². The van der Waals surface area contributed by atoms with Crippen molar-refractivity contribution in [1.29, 1.82) is 0 Å². The summed E-state index contributed by atoms with van der Waals surface area (Å²) >= 11 is 1.76. The molecular weight excluding hydrogens is 384 g/mol. The van der Waals surface area contributed by atoms with Crippen molar-refractivity contribution in [1.82, 2.24) is 5.32 Å². The Morgan fingerprint density at radius 2 is 1.55 bits per heavy atom. The first-order valence-electron chi connectivity index (χ1n) is 9.44. The third-order valence-electron chi connectivity index (χ3n) is 5.06. The van der Waals surface area contributed by atoms with Crippen molar-refractivity contribution in [2.75, 3.05) is 11.5 Å². The Morgan fingerprint density at radius 1 is 0.931 bits per heavy atom. The molecule has 0 unspecified atom stereocenters. The lowest BCUT2D eigenvalue weighted by Crippen LogP contribution is -2.37. The number of benzene rings is 3. The molecule has 0 aliphatic carbocycles. The summed E-state index contributed by atoms with van der Waals surface area (Å²) in [5, 5.41) is 2.74. The van der Waals surface area contributed by atoms with E-state index in [0.717, 1.165) is 17.1 Å². The van der Waals surface area contributed by atoms with Crippen LogP contribution in [0.5, 0.6) is 0 Å². The van der Waals surface area contributed by atoms with Crippen LogP contribution in [-0.4, -0.2) is 24.5 Å². The molecule has 29 heavy (non-hydrogen) atoms. The van der Waals surface area contributed by atoms with Crippen LogP contribution in [0.15, 0.2) is 82.6 Å². The topological polar surface area (TPSA) is 58.6 Å². The first kappa shape index (κ1) is 17.8. The van der Waals surface area contributed by atoms with Crippen LogP contribution in [0.3, 0.4) is 0 Å². The van der Waals surface area contributed by atoms with Crippen LogP contribution in [0.1, 0.15) is 16.8 Å². The van der Waals surface area contributed by atoms with E-state index in [2.05, 4.69) is 34.5 Å². The van der Waals surface area contributed by atoms with Gasteiger partial charge >= 0.3 is 5.97 Å². The van der Waals surface area contributed by atoms with Crippen LogP contribution in [0.4, 0.5) is 17.1 Å². The van der Waals surface area contributed by atoms with Gasteiger partial charge in [-0.2, -0.15) is 0 Å². The molecule has 144 valence electrons. The van der Waals surface area contributed by atoms with Crippen molar-refractivity contribution in [3.63, 3.8) is 0 Å². The molecule has 0 saturated carbocycles. The van der Waals surface area contributed by atoms with Crippen molar-refractivity contribution in [2.24, 2.45) is 0 Å². The van der Waals surface area contributed by atoms with E-state index in [9.17, 15) is 9.59 Å². The van der Waals surface area contributed by atoms with Crippen LogP contribution in [0.2, 0.25) is 0 Å². The molecule has 3 aromatic carbocycles. The Bertz CT molecular complexity index is 1050. The van der Waals surface area contributed by atoms with Crippen LogP contribution >= 0.6 is 11.8 Å². The van der Waals surface area contributed by atoms with Gasteiger partial charge in [0.15, 0.2) is 0 Å². The SMILES string of the molecule is O=C(N[C@H]1CCOC1=O)c1ccc(N2c3ccccc3Sc3ccccc32)cc1. The zero-order valence-electron chi connectivity index (χ0n) is 15.5. The monoisotopic (exact) mass is 402 g/mol. The number of para-hydroxylation sites is 2. The molecule has 0 aromatic heterocycles. The number of carbonyl (C=O) groups excluding carboxylic acids is 2. The lowest BCUT2D eigenvalue weighted by Gasteiger charge is -2.32. The van der Waals surface area contributed by atoms with Gasteiger partial charge in [-0.3, -0.25) is 4.79 Å². The lowest BCUT2D eigenvalue weighted by molar-refractivity contribution is -0.139. The van der Waals surface area contributed by atoms with Gasteiger partial charge in [-0.1, -0.05) is 36.0 Å². The Hall–Kier alpha value is -3.25. The fourth-order valence-corrected chi connectivity index (χ4v) is 4.67. The molecule has 5 nitrogen and oxygen atoms in total. The number of rotatable bonds is 3. The van der Waals surface area contributed by atoms with E-state index >= 15 is 0 Å². The Balaban J connectivity index is 1.46. The van der Waals surface area contributed by atoms with Crippen molar-refractivity contribution in [3.05, 3.63) is 78.4 Å². The molecule has 1 fully saturated rings. The summed E-state index contributed by atoms with van der Waals surface area (Å²) in [6.45, 7) is 0.356. The molecule has 1 atom stereocenters. The molecule has 0 spiro atoms. The van der Waals surface area contributed by atoms with Crippen LogP contribution < -0.4 is 10.2 Å². The molecule has 1 saturated heterocycles. The van der Waals surface area contributed by atoms with Gasteiger partial charge in [-0.25, -0.2) is 4.79 Å². The molecule has 6 heteroatoms. The maximum Gasteiger partial charge on any atom is 0.328 e. The highest BCUT2D eigenvalue weighted by Crippen LogP contribution is 2.50. The van der Waals surface area contributed by atoms with Crippen LogP contribution in [-0.2, 0) is 9.53 Å². The minimum atomic E-state index is -0.556. The molecule has 2 aliphatic rings. The number of cyclic esters (lactones) is 1. The second kappa shape index (κ2) is 7.29. The van der Waals surface area contributed by atoms with E-state index < -0.39 is 6.04 Å². The van der Waals surface area contributed by atoms with Crippen molar-refractivity contribution >= 4 is 40.7 Å². The standard InChI is InChI=1S/C23H18N2O3S/c26-22(24-17-13-14-28-23(17)27)15-9-11-16(12-10-15)25-18-5-1-3-7-20(18)29-21-8-4-2-6-19(21)25/h1-12,17H,13-14H2,(H,24,26)/t17-/m0/s1. The molecule has 0 radical (unpaired) electrons. The molecule has 0 bridgehead atoms. The molecule has 1 N–H and O–H groups in total. The third kappa shape index (κ3) is 3.25. The number of hydrogen-bond acceptors (Lipinski definition) is 5. The summed E-state index contributed by atoms with van der Waals surface area (Å²) in [6, 6.07) is 23.5. The highest BCUT2D eigenvalue weighted by Gasteiger charge is 2.28. The Morgan fingerprint density at radius 3 is 2.14 bits per heavy atom. The van der Waals surface area contributed by atoms with Crippen LogP contribution in [0, 0.1) is 0 Å². The van der Waals surface area contributed by atoms with E-state index in [1.807, 2.05) is 36.4 Å². The number of nitrogens with one attached hydrogen (secondary N) is 1. The number of esters is 1. The first-order chi connectivity index (χ1) is 14.2. The number of carbonyl (C=O) groups is 2. The number of anilines is 3. The summed E-state index contributed by atoms with van der Waals surface area (Å²) in [6.07, 6.45) is 0.516. The van der Waals surface area contributed by atoms with Crippen molar-refractivity contribution in [3.8, 4) is 0 Å². The summed E-state index contributed by atoms with van der Waals surface area (Å²) < 4.78 is 4.90. The minimum Gasteiger partial charge on any atom is -0.464 e. The summed E-state index contributed by atoms with van der Waals surface area (Å²) in [5.74, 6) is -0.635. The lowest BCUT2D eigenvalue weighted by atomic mass is 10.1. The zero-order chi connectivity index (χ0) is 19.8. The van der Waals surface area contributed by atoms with E-state index in [4.69, 9.17) is 4.74 Å². The van der Waals surface area contributed by atoms with Gasteiger partial charge in [0, 0.05) is 27.5 Å². The smallest absolute Gasteiger partial charge is 0.328 e. The van der Waals surface area contributed by atoms with Crippen LogP contribution in [0.25, 0.3) is 0 Å². The molecule has 1 amide bonds. The molecule has 2 aliphatic heterocycles. The maximum absolute atomic E-state index is 12.5. The largest absolute Gasteiger partial charge is 0.464 e. The molecule has 2 heterocycles. The average molecular weight is 402 g/mol. The highest BCUT2D eigenvalue weighted by atomic mass is 32.2. The van der Waals surface area contributed by atoms with Gasteiger partial charge in [-0.15, -0.1) is 0 Å². The van der Waals surface area contributed by atoms with Gasteiger partial charge in [-0.05, 0) is 48.5 Å². The predicted octanol–water partition coefficient (Wildman–Crippen LogP) is 4.67. The van der Waals surface area contributed by atoms with E-state index in [1.54, 1.807) is 23.9 Å². The zero-order valence-corrected chi connectivity index (χ0v) is 16.3. The Labute approximate surface area is 172 Å². The number of nitrogens with zero attached hydrogens (tertiary/aromatic N) is 1. The first-order valence-corrected chi connectivity index (χ1v) is 10.3.